The number of rotatable bonds is 3. The van der Waals surface area contributed by atoms with Gasteiger partial charge in [0.05, 0.1) is 38.6 Å². The predicted molar refractivity (Wildman–Crippen MR) is 199 cm³/mol. The summed E-state index contributed by atoms with van der Waals surface area (Å²) in [6.07, 6.45) is 0. The molecule has 0 aliphatic heterocycles. The third kappa shape index (κ3) is 3.38. The second-order valence-corrected chi connectivity index (χ2v) is 12.6. The molecule has 11 rings (SSSR count). The first-order valence-corrected chi connectivity index (χ1v) is 16.4. The lowest BCUT2D eigenvalue weighted by atomic mass is 10.0. The molecule has 4 heterocycles. The molecular formula is C44H26N4. The summed E-state index contributed by atoms with van der Waals surface area (Å²) in [6, 6.07) is 56.3. The molecule has 0 atom stereocenters. The van der Waals surface area contributed by atoms with Crippen LogP contribution < -0.4 is 0 Å². The average Bonchev–Trinajstić information content (AvgIpc) is 3.63. The monoisotopic (exact) mass is 610 g/mol. The van der Waals surface area contributed by atoms with Crippen molar-refractivity contribution in [2.75, 3.05) is 0 Å². The first-order chi connectivity index (χ1) is 23.8. The minimum absolute atomic E-state index is 0.826. The lowest BCUT2D eigenvalue weighted by Crippen LogP contribution is -2.04. The van der Waals surface area contributed by atoms with Crippen molar-refractivity contribution >= 4 is 70.9 Å². The second kappa shape index (κ2) is 9.50. The van der Waals surface area contributed by atoms with Crippen molar-refractivity contribution in [3.05, 3.63) is 158 Å². The molecule has 0 radical (unpaired) electrons. The Morgan fingerprint density at radius 1 is 0.375 bits per heavy atom. The molecule has 4 aromatic heterocycles. The van der Waals surface area contributed by atoms with E-state index in [1.165, 1.54) is 54.4 Å². The van der Waals surface area contributed by atoms with Crippen LogP contribution in [0, 0.1) is 0 Å². The van der Waals surface area contributed by atoms with Crippen LogP contribution >= 0.6 is 0 Å². The van der Waals surface area contributed by atoms with Gasteiger partial charge < -0.3 is 4.40 Å². The SMILES string of the molecule is c1ccc(-c2cccc(-c3nc4ccccc4nc3-n3c4cccc5c6ccccc6n6c7ccccc7c7ccc3c(c54)c76)c2)cc1. The molecule has 222 valence electrons. The fourth-order valence-electron chi connectivity index (χ4n) is 8.01. The molecule has 0 fully saturated rings. The Morgan fingerprint density at radius 3 is 1.77 bits per heavy atom. The van der Waals surface area contributed by atoms with Crippen LogP contribution in [0.3, 0.4) is 0 Å². The Hall–Kier alpha value is -6.52. The molecule has 0 amide bonds. The molecule has 0 N–H and O–H groups in total. The van der Waals surface area contributed by atoms with Gasteiger partial charge in [0.25, 0.3) is 0 Å². The number of fused-ring (bicyclic) bond motifs is 7. The van der Waals surface area contributed by atoms with Crippen molar-refractivity contribution in [2.24, 2.45) is 0 Å². The summed E-state index contributed by atoms with van der Waals surface area (Å²) in [6.45, 7) is 0. The van der Waals surface area contributed by atoms with E-state index < -0.39 is 0 Å². The number of para-hydroxylation sites is 4. The van der Waals surface area contributed by atoms with Gasteiger partial charge in [0.1, 0.15) is 5.69 Å². The predicted octanol–water partition coefficient (Wildman–Crippen LogP) is 11.2. The van der Waals surface area contributed by atoms with E-state index in [-0.39, 0.29) is 0 Å². The molecule has 4 heteroatoms. The van der Waals surface area contributed by atoms with Gasteiger partial charge in [-0.15, -0.1) is 0 Å². The minimum Gasteiger partial charge on any atom is -0.308 e. The lowest BCUT2D eigenvalue weighted by Gasteiger charge is -2.15. The van der Waals surface area contributed by atoms with Crippen molar-refractivity contribution in [1.29, 1.82) is 0 Å². The van der Waals surface area contributed by atoms with Gasteiger partial charge in [-0.3, -0.25) is 4.57 Å². The van der Waals surface area contributed by atoms with Gasteiger partial charge in [-0.1, -0.05) is 115 Å². The van der Waals surface area contributed by atoms with Crippen molar-refractivity contribution in [1.82, 2.24) is 18.9 Å². The zero-order valence-corrected chi connectivity index (χ0v) is 25.8. The Bertz CT molecular complexity index is 3060. The molecule has 7 aromatic carbocycles. The highest BCUT2D eigenvalue weighted by Gasteiger charge is 2.25. The van der Waals surface area contributed by atoms with E-state index in [0.29, 0.717) is 0 Å². The van der Waals surface area contributed by atoms with E-state index in [1.807, 2.05) is 12.1 Å². The summed E-state index contributed by atoms with van der Waals surface area (Å²) in [5.41, 5.74) is 11.8. The molecule has 0 bridgehead atoms. The molecule has 4 nitrogen and oxygen atoms in total. The third-order valence-electron chi connectivity index (χ3n) is 10.0. The number of hydrogen-bond acceptors (Lipinski definition) is 2. The molecule has 0 aliphatic carbocycles. The number of aromatic nitrogens is 4. The van der Waals surface area contributed by atoms with Gasteiger partial charge in [0.2, 0.25) is 0 Å². The van der Waals surface area contributed by atoms with Crippen LogP contribution in [0.5, 0.6) is 0 Å². The van der Waals surface area contributed by atoms with Crippen LogP contribution in [0.25, 0.3) is 99.1 Å². The van der Waals surface area contributed by atoms with Crippen molar-refractivity contribution in [2.45, 2.75) is 0 Å². The molecule has 0 saturated heterocycles. The fraction of sp³-hybridized carbons (Fsp3) is 0. The van der Waals surface area contributed by atoms with E-state index in [2.05, 4.69) is 155 Å². The number of benzene rings is 7. The van der Waals surface area contributed by atoms with Gasteiger partial charge in [0.15, 0.2) is 5.82 Å². The Morgan fingerprint density at radius 2 is 0.958 bits per heavy atom. The van der Waals surface area contributed by atoms with Crippen LogP contribution in [0.15, 0.2) is 158 Å². The van der Waals surface area contributed by atoms with Gasteiger partial charge in [0, 0.05) is 32.5 Å². The quantitative estimate of drug-likeness (QED) is 0.199. The van der Waals surface area contributed by atoms with Crippen LogP contribution in [0.1, 0.15) is 0 Å². The van der Waals surface area contributed by atoms with Crippen LogP contribution in [0.2, 0.25) is 0 Å². The number of nitrogens with zero attached hydrogens (tertiary/aromatic N) is 4. The summed E-state index contributed by atoms with van der Waals surface area (Å²) in [7, 11) is 0. The fourth-order valence-corrected chi connectivity index (χ4v) is 8.01. The molecule has 0 saturated carbocycles. The molecule has 0 unspecified atom stereocenters. The Kier molecular flexibility index (Phi) is 5.08. The third-order valence-corrected chi connectivity index (χ3v) is 10.0. The van der Waals surface area contributed by atoms with Crippen molar-refractivity contribution in [3.63, 3.8) is 0 Å². The minimum atomic E-state index is 0.826. The maximum absolute atomic E-state index is 5.43. The molecule has 0 spiro atoms. The number of hydrogen-bond donors (Lipinski definition) is 0. The van der Waals surface area contributed by atoms with Crippen LogP contribution in [0.4, 0.5) is 0 Å². The highest BCUT2D eigenvalue weighted by atomic mass is 15.1. The molecular weight excluding hydrogens is 585 g/mol. The van der Waals surface area contributed by atoms with Crippen LogP contribution in [-0.4, -0.2) is 18.9 Å². The average molecular weight is 611 g/mol. The normalized spacial score (nSPS) is 12.2. The van der Waals surface area contributed by atoms with Crippen molar-refractivity contribution in [3.8, 4) is 28.2 Å². The maximum atomic E-state index is 5.43. The molecule has 48 heavy (non-hydrogen) atoms. The van der Waals surface area contributed by atoms with Crippen LogP contribution in [-0.2, 0) is 0 Å². The second-order valence-electron chi connectivity index (χ2n) is 12.6. The maximum Gasteiger partial charge on any atom is 0.165 e. The smallest absolute Gasteiger partial charge is 0.165 e. The van der Waals surface area contributed by atoms with E-state index in [0.717, 1.165) is 44.7 Å². The summed E-state index contributed by atoms with van der Waals surface area (Å²) < 4.78 is 4.83. The van der Waals surface area contributed by atoms with Gasteiger partial charge in [-0.25, -0.2) is 9.97 Å². The highest BCUT2D eigenvalue weighted by Crippen LogP contribution is 2.46. The van der Waals surface area contributed by atoms with Gasteiger partial charge in [-0.2, -0.15) is 0 Å². The van der Waals surface area contributed by atoms with E-state index >= 15 is 0 Å². The molecule has 0 aliphatic rings. The van der Waals surface area contributed by atoms with E-state index in [9.17, 15) is 0 Å². The first-order valence-electron chi connectivity index (χ1n) is 16.4. The highest BCUT2D eigenvalue weighted by molar-refractivity contribution is 6.33. The zero-order chi connectivity index (χ0) is 31.3. The summed E-state index contributed by atoms with van der Waals surface area (Å²) in [4.78, 5) is 10.8. The van der Waals surface area contributed by atoms with Crippen molar-refractivity contribution < 1.29 is 0 Å². The molecule has 11 aromatic rings. The first kappa shape index (κ1) is 25.6. The topological polar surface area (TPSA) is 35.1 Å². The largest absolute Gasteiger partial charge is 0.308 e. The Balaban J connectivity index is 1.34. The summed E-state index contributed by atoms with van der Waals surface area (Å²) in [5, 5.41) is 7.45. The van der Waals surface area contributed by atoms with E-state index in [4.69, 9.17) is 9.97 Å². The van der Waals surface area contributed by atoms with Gasteiger partial charge in [-0.05, 0) is 59.0 Å². The standard InChI is InChI=1S/C44H26N4/c1-2-12-27(13-3-1)28-14-10-15-29(26-28)42-44(46-35-20-7-6-19-34(35)45-42)48-38-23-11-18-32-30-16-4-8-21-36(30)47-37-22-9-5-17-31(37)33-24-25-39(48)41(40(32)38)43(33)47/h1-26H. The zero-order valence-electron chi connectivity index (χ0n) is 25.8. The summed E-state index contributed by atoms with van der Waals surface area (Å²) >= 11 is 0. The summed E-state index contributed by atoms with van der Waals surface area (Å²) in [5.74, 6) is 0.826. The Labute approximate surface area is 275 Å². The van der Waals surface area contributed by atoms with Gasteiger partial charge >= 0.3 is 0 Å². The lowest BCUT2D eigenvalue weighted by molar-refractivity contribution is 1.08. The van der Waals surface area contributed by atoms with E-state index in [1.54, 1.807) is 0 Å².